The number of benzene rings is 1. The Kier molecular flexibility index (Phi) is 2.87. The van der Waals surface area contributed by atoms with Gasteiger partial charge in [0.1, 0.15) is 0 Å². The Balaban J connectivity index is 1.98. The summed E-state index contributed by atoms with van der Waals surface area (Å²) in [5, 5.41) is 3.87. The van der Waals surface area contributed by atoms with Crippen molar-refractivity contribution in [3.63, 3.8) is 0 Å². The zero-order valence-corrected chi connectivity index (χ0v) is 11.3. The topological polar surface area (TPSA) is 97.4 Å². The zero-order chi connectivity index (χ0) is 14.2. The van der Waals surface area contributed by atoms with Crippen LogP contribution >= 0.6 is 0 Å². The number of allylic oxidation sites excluding steroid dienone is 2. The molecule has 8 heteroatoms. The average molecular weight is 290 g/mol. The van der Waals surface area contributed by atoms with Crippen LogP contribution in [0.5, 0.6) is 0 Å². The number of nitrogens with one attached hydrogen (secondary N) is 1. The fourth-order valence-corrected chi connectivity index (χ4v) is 2.54. The first-order chi connectivity index (χ1) is 9.55. The summed E-state index contributed by atoms with van der Waals surface area (Å²) in [6, 6.07) is 9.33. The van der Waals surface area contributed by atoms with Gasteiger partial charge in [-0.15, -0.1) is 0 Å². The van der Waals surface area contributed by atoms with Crippen molar-refractivity contribution in [3.05, 3.63) is 41.9 Å². The molecule has 0 unspecified atom stereocenters. The molecule has 1 aliphatic heterocycles. The molecule has 0 aliphatic carbocycles. The van der Waals surface area contributed by atoms with E-state index in [-0.39, 0.29) is 5.89 Å². The Morgan fingerprint density at radius 2 is 1.95 bits per heavy atom. The van der Waals surface area contributed by atoms with E-state index in [1.165, 1.54) is 6.21 Å². The summed E-state index contributed by atoms with van der Waals surface area (Å²) in [7, 11) is -3.65. The van der Waals surface area contributed by atoms with Crippen molar-refractivity contribution in [2.75, 3.05) is 0 Å². The summed E-state index contributed by atoms with van der Waals surface area (Å²) in [6.45, 7) is 1.60. The minimum atomic E-state index is -3.65. The number of hydrogen-bond donors (Lipinski definition) is 1. The molecule has 0 atom stereocenters. The van der Waals surface area contributed by atoms with E-state index in [1.54, 1.807) is 6.92 Å². The van der Waals surface area contributed by atoms with E-state index < -0.39 is 10.2 Å². The standard InChI is InChI=1S/C12H10N4O3S/c1-8-10(7-13-20(17,18)16-8)12-14-11(15-19-12)9-5-3-2-4-6-9/h2-7,16H,1H3. The molecule has 0 saturated carbocycles. The summed E-state index contributed by atoms with van der Waals surface area (Å²) < 4.78 is 33.3. The first-order valence-corrected chi connectivity index (χ1v) is 7.18. The molecular weight excluding hydrogens is 280 g/mol. The van der Waals surface area contributed by atoms with Crippen LogP contribution in [0.1, 0.15) is 12.8 Å². The summed E-state index contributed by atoms with van der Waals surface area (Å²) >= 11 is 0. The van der Waals surface area contributed by atoms with E-state index in [0.29, 0.717) is 17.1 Å². The Bertz CT molecular complexity index is 806. The molecule has 0 spiro atoms. The molecule has 0 fully saturated rings. The van der Waals surface area contributed by atoms with Crippen LogP contribution in [0.3, 0.4) is 0 Å². The SMILES string of the molecule is CC1=C(c2nc(-c3ccccc3)no2)C=NS(=O)(=O)N1. The maximum Gasteiger partial charge on any atom is 0.342 e. The van der Waals surface area contributed by atoms with Crippen LogP contribution in [0.2, 0.25) is 0 Å². The van der Waals surface area contributed by atoms with Crippen molar-refractivity contribution in [3.8, 4) is 11.4 Å². The van der Waals surface area contributed by atoms with Gasteiger partial charge in [-0.05, 0) is 6.92 Å². The lowest BCUT2D eigenvalue weighted by Crippen LogP contribution is -2.24. The molecule has 102 valence electrons. The van der Waals surface area contributed by atoms with Gasteiger partial charge >= 0.3 is 10.2 Å². The lowest BCUT2D eigenvalue weighted by atomic mass is 10.2. The Morgan fingerprint density at radius 3 is 2.65 bits per heavy atom. The van der Waals surface area contributed by atoms with Crippen molar-refractivity contribution in [2.24, 2.45) is 4.40 Å². The second kappa shape index (κ2) is 4.57. The van der Waals surface area contributed by atoms with E-state index >= 15 is 0 Å². The van der Waals surface area contributed by atoms with Crippen LogP contribution in [0.4, 0.5) is 0 Å². The average Bonchev–Trinajstić information content (AvgIpc) is 2.88. The van der Waals surface area contributed by atoms with Crippen molar-refractivity contribution < 1.29 is 12.9 Å². The predicted molar refractivity (Wildman–Crippen MR) is 72.9 cm³/mol. The van der Waals surface area contributed by atoms with Crippen LogP contribution in [-0.2, 0) is 10.2 Å². The third-order valence-corrected chi connectivity index (χ3v) is 3.64. The third-order valence-electron chi connectivity index (χ3n) is 2.70. The van der Waals surface area contributed by atoms with Crippen LogP contribution in [-0.4, -0.2) is 24.8 Å². The molecule has 3 rings (SSSR count). The molecule has 7 nitrogen and oxygen atoms in total. The lowest BCUT2D eigenvalue weighted by Gasteiger charge is -2.10. The summed E-state index contributed by atoms with van der Waals surface area (Å²) in [5.41, 5.74) is 1.66. The minimum absolute atomic E-state index is 0.215. The van der Waals surface area contributed by atoms with E-state index in [4.69, 9.17) is 4.52 Å². The van der Waals surface area contributed by atoms with Gasteiger partial charge in [-0.25, -0.2) is 0 Å². The van der Waals surface area contributed by atoms with Crippen molar-refractivity contribution in [1.29, 1.82) is 0 Å². The first-order valence-electron chi connectivity index (χ1n) is 5.74. The maximum atomic E-state index is 11.3. The van der Waals surface area contributed by atoms with Gasteiger partial charge in [0, 0.05) is 11.3 Å². The fraction of sp³-hybridized carbons (Fsp3) is 0.0833. The summed E-state index contributed by atoms with van der Waals surface area (Å²) in [5.74, 6) is 0.648. The van der Waals surface area contributed by atoms with Crippen molar-refractivity contribution >= 4 is 22.0 Å². The number of aromatic nitrogens is 2. The monoisotopic (exact) mass is 290 g/mol. The van der Waals surface area contributed by atoms with Gasteiger partial charge in [-0.2, -0.15) is 17.8 Å². The fourth-order valence-electron chi connectivity index (χ4n) is 1.75. The van der Waals surface area contributed by atoms with Crippen LogP contribution in [0.25, 0.3) is 17.0 Å². The largest absolute Gasteiger partial charge is 0.342 e. The van der Waals surface area contributed by atoms with Crippen LogP contribution in [0.15, 0.2) is 44.9 Å². The van der Waals surface area contributed by atoms with Gasteiger partial charge in [0.15, 0.2) is 0 Å². The van der Waals surface area contributed by atoms with Crippen molar-refractivity contribution in [1.82, 2.24) is 14.9 Å². The van der Waals surface area contributed by atoms with Gasteiger partial charge in [0.05, 0.1) is 11.8 Å². The van der Waals surface area contributed by atoms with E-state index in [0.717, 1.165) is 5.56 Å². The van der Waals surface area contributed by atoms with E-state index in [2.05, 4.69) is 19.3 Å². The van der Waals surface area contributed by atoms with Gasteiger partial charge in [-0.3, -0.25) is 4.72 Å². The summed E-state index contributed by atoms with van der Waals surface area (Å²) in [6.07, 6.45) is 1.20. The highest BCUT2D eigenvalue weighted by Gasteiger charge is 2.21. The molecule has 0 saturated heterocycles. The molecule has 1 N–H and O–H groups in total. The normalized spacial score (nSPS) is 17.1. The molecule has 2 aromatic rings. The van der Waals surface area contributed by atoms with E-state index in [1.807, 2.05) is 30.3 Å². The second-order valence-corrected chi connectivity index (χ2v) is 5.50. The first kappa shape index (κ1) is 12.5. The van der Waals surface area contributed by atoms with Gasteiger partial charge in [0.2, 0.25) is 5.82 Å². The Morgan fingerprint density at radius 1 is 1.20 bits per heavy atom. The smallest absolute Gasteiger partial charge is 0.333 e. The number of hydrogen-bond acceptors (Lipinski definition) is 5. The molecule has 0 bridgehead atoms. The maximum absolute atomic E-state index is 11.3. The van der Waals surface area contributed by atoms with Gasteiger partial charge in [-0.1, -0.05) is 35.5 Å². The lowest BCUT2D eigenvalue weighted by molar-refractivity contribution is 0.409. The quantitative estimate of drug-likeness (QED) is 0.901. The molecule has 1 aromatic carbocycles. The Hall–Kier alpha value is -2.48. The van der Waals surface area contributed by atoms with Gasteiger partial charge < -0.3 is 4.52 Å². The molecular formula is C12H10N4O3S. The van der Waals surface area contributed by atoms with Crippen molar-refractivity contribution in [2.45, 2.75) is 6.92 Å². The third kappa shape index (κ3) is 2.32. The molecule has 0 radical (unpaired) electrons. The highest BCUT2D eigenvalue weighted by Crippen LogP contribution is 2.21. The zero-order valence-electron chi connectivity index (χ0n) is 10.4. The van der Waals surface area contributed by atoms with E-state index in [9.17, 15) is 8.42 Å². The predicted octanol–water partition coefficient (Wildman–Crippen LogP) is 1.39. The van der Waals surface area contributed by atoms with Gasteiger partial charge in [0.25, 0.3) is 5.89 Å². The number of nitrogens with zero attached hydrogens (tertiary/aromatic N) is 3. The Labute approximate surface area is 115 Å². The molecule has 1 aliphatic rings. The van der Waals surface area contributed by atoms with Crippen LogP contribution in [0, 0.1) is 0 Å². The summed E-state index contributed by atoms with van der Waals surface area (Å²) in [4.78, 5) is 4.24. The van der Waals surface area contributed by atoms with Crippen LogP contribution < -0.4 is 4.72 Å². The number of rotatable bonds is 2. The molecule has 1 aromatic heterocycles. The molecule has 0 amide bonds. The second-order valence-electron chi connectivity index (χ2n) is 4.14. The minimum Gasteiger partial charge on any atom is -0.333 e. The highest BCUT2D eigenvalue weighted by atomic mass is 32.2. The molecule has 2 heterocycles. The molecule has 20 heavy (non-hydrogen) atoms. The highest BCUT2D eigenvalue weighted by molar-refractivity contribution is 7.88.